The molecule has 4 nitrogen and oxygen atoms in total. The van der Waals surface area contributed by atoms with E-state index in [0.717, 1.165) is 12.1 Å². The van der Waals surface area contributed by atoms with E-state index in [-0.39, 0.29) is 12.2 Å². The van der Waals surface area contributed by atoms with E-state index in [1.807, 2.05) is 0 Å². The maximum atomic E-state index is 13.1. The third-order valence-corrected chi connectivity index (χ3v) is 4.05. The highest BCUT2D eigenvalue weighted by Crippen LogP contribution is 2.35. The molecule has 0 heterocycles. The van der Waals surface area contributed by atoms with Crippen LogP contribution in [0.1, 0.15) is 13.8 Å². The van der Waals surface area contributed by atoms with Gasteiger partial charge in [0.25, 0.3) is 9.84 Å². The van der Waals surface area contributed by atoms with Crippen molar-refractivity contribution in [3.05, 3.63) is 24.0 Å². The van der Waals surface area contributed by atoms with Gasteiger partial charge in [-0.05, 0) is 32.0 Å². The first-order valence-corrected chi connectivity index (χ1v) is 6.98. The van der Waals surface area contributed by atoms with Gasteiger partial charge in [0.05, 0.1) is 5.69 Å². The molecule has 0 aliphatic rings. The summed E-state index contributed by atoms with van der Waals surface area (Å²) in [4.78, 5) is -1.16. The summed E-state index contributed by atoms with van der Waals surface area (Å²) in [5.74, 6) is -1.08. The molecule has 0 spiro atoms. The van der Waals surface area contributed by atoms with Crippen LogP contribution in [0.4, 0.5) is 23.2 Å². The van der Waals surface area contributed by atoms with Crippen LogP contribution in [0.15, 0.2) is 23.1 Å². The van der Waals surface area contributed by atoms with Crippen molar-refractivity contribution >= 4 is 15.5 Å². The van der Waals surface area contributed by atoms with E-state index in [4.69, 9.17) is 5.73 Å². The highest BCUT2D eigenvalue weighted by Gasteiger charge is 2.48. The molecule has 0 aromatic heterocycles. The molecule has 3 N–H and O–H groups in total. The molecule has 20 heavy (non-hydrogen) atoms. The van der Waals surface area contributed by atoms with Gasteiger partial charge in [-0.15, -0.1) is 0 Å². The van der Waals surface area contributed by atoms with Crippen molar-refractivity contribution in [2.45, 2.75) is 29.8 Å². The van der Waals surface area contributed by atoms with Gasteiger partial charge in [0.15, 0.2) is 0 Å². The Balaban J connectivity index is 3.44. The molecular weight excluding hydrogens is 300 g/mol. The van der Waals surface area contributed by atoms with Crippen molar-refractivity contribution in [3.8, 4) is 0 Å². The number of alkyl halides is 3. The van der Waals surface area contributed by atoms with Crippen LogP contribution in [-0.4, -0.2) is 26.0 Å². The Labute approximate surface area is 113 Å². The van der Waals surface area contributed by atoms with E-state index in [1.165, 1.54) is 0 Å². The molecule has 0 atom stereocenters. The predicted molar refractivity (Wildman–Crippen MR) is 66.4 cm³/mol. The van der Waals surface area contributed by atoms with Gasteiger partial charge in [-0.3, -0.25) is 0 Å². The second-order valence-electron chi connectivity index (χ2n) is 4.80. The second-order valence-corrected chi connectivity index (χ2v) is 6.71. The highest BCUT2D eigenvalue weighted by molar-refractivity contribution is 7.92. The van der Waals surface area contributed by atoms with Crippen molar-refractivity contribution in [1.29, 1.82) is 0 Å². The molecule has 0 saturated heterocycles. The first-order valence-electron chi connectivity index (χ1n) is 5.50. The second kappa shape index (κ2) is 5.21. The lowest BCUT2D eigenvalue weighted by atomic mass is 10.1. The molecule has 1 aromatic rings. The number of hydrogen-bond donors (Lipinski definition) is 2. The molecule has 0 unspecified atom stereocenters. The Bertz CT molecular complexity index is 597. The molecule has 0 aliphatic heterocycles. The summed E-state index contributed by atoms with van der Waals surface area (Å²) in [6.45, 7) is 3.18. The van der Waals surface area contributed by atoms with Crippen molar-refractivity contribution in [2.75, 3.05) is 11.9 Å². The Morgan fingerprint density at radius 1 is 1.25 bits per heavy atom. The summed E-state index contributed by atoms with van der Waals surface area (Å²) in [6, 6.07) is 2.13. The SMILES string of the molecule is CC(C)(CN)Nc1ccc(F)cc1S(=O)(=O)C(F)(F)F. The monoisotopic (exact) mass is 314 g/mol. The van der Waals surface area contributed by atoms with Gasteiger partial charge in [0.1, 0.15) is 10.7 Å². The predicted octanol–water partition coefficient (Wildman–Crippen LogP) is 2.27. The van der Waals surface area contributed by atoms with Crippen molar-refractivity contribution < 1.29 is 26.0 Å². The lowest BCUT2D eigenvalue weighted by Gasteiger charge is -2.27. The number of hydrogen-bond acceptors (Lipinski definition) is 4. The van der Waals surface area contributed by atoms with Crippen LogP contribution in [0.25, 0.3) is 0 Å². The van der Waals surface area contributed by atoms with Gasteiger partial charge in [-0.25, -0.2) is 12.8 Å². The summed E-state index contributed by atoms with van der Waals surface area (Å²) >= 11 is 0. The zero-order chi connectivity index (χ0) is 15.8. The average molecular weight is 314 g/mol. The van der Waals surface area contributed by atoms with Crippen molar-refractivity contribution in [3.63, 3.8) is 0 Å². The molecule has 9 heteroatoms. The van der Waals surface area contributed by atoms with Crippen molar-refractivity contribution in [1.82, 2.24) is 0 Å². The van der Waals surface area contributed by atoms with E-state index in [1.54, 1.807) is 13.8 Å². The number of sulfone groups is 1. The zero-order valence-electron chi connectivity index (χ0n) is 10.8. The van der Waals surface area contributed by atoms with E-state index in [2.05, 4.69) is 5.32 Å². The molecule has 0 saturated carbocycles. The number of rotatable bonds is 4. The van der Waals surface area contributed by atoms with Crippen LogP contribution in [0, 0.1) is 5.82 Å². The molecule has 0 bridgehead atoms. The fourth-order valence-corrected chi connectivity index (χ4v) is 2.29. The highest BCUT2D eigenvalue weighted by atomic mass is 32.2. The van der Waals surface area contributed by atoms with Gasteiger partial charge in [0.2, 0.25) is 0 Å². The minimum Gasteiger partial charge on any atom is -0.378 e. The van der Waals surface area contributed by atoms with Gasteiger partial charge in [0, 0.05) is 12.1 Å². The summed E-state index contributed by atoms with van der Waals surface area (Å²) in [6.07, 6.45) is 0. The first-order chi connectivity index (χ1) is 8.90. The maximum absolute atomic E-state index is 13.1. The summed E-state index contributed by atoms with van der Waals surface area (Å²) in [5.41, 5.74) is -1.29. The van der Waals surface area contributed by atoms with Crippen LogP contribution in [-0.2, 0) is 9.84 Å². The molecule has 1 rings (SSSR count). The average Bonchev–Trinajstić information content (AvgIpc) is 2.29. The third-order valence-electron chi connectivity index (χ3n) is 2.52. The first kappa shape index (κ1) is 16.7. The van der Waals surface area contributed by atoms with E-state index in [0.29, 0.717) is 6.07 Å². The summed E-state index contributed by atoms with van der Waals surface area (Å²) < 4.78 is 73.7. The molecule has 0 radical (unpaired) electrons. The maximum Gasteiger partial charge on any atom is 0.501 e. The molecule has 0 amide bonds. The Morgan fingerprint density at radius 3 is 2.25 bits per heavy atom. The third kappa shape index (κ3) is 3.40. The quantitative estimate of drug-likeness (QED) is 0.836. The summed E-state index contributed by atoms with van der Waals surface area (Å²) in [5, 5.41) is 2.57. The van der Waals surface area contributed by atoms with E-state index >= 15 is 0 Å². The molecule has 1 aromatic carbocycles. The minimum absolute atomic E-state index is 0.0376. The lowest BCUT2D eigenvalue weighted by Crippen LogP contribution is -2.40. The van der Waals surface area contributed by atoms with Gasteiger partial charge < -0.3 is 11.1 Å². The fourth-order valence-electron chi connectivity index (χ4n) is 1.36. The normalized spacial score (nSPS) is 13.3. The van der Waals surface area contributed by atoms with E-state index < -0.39 is 31.6 Å². The van der Waals surface area contributed by atoms with Crippen LogP contribution < -0.4 is 11.1 Å². The fraction of sp³-hybridized carbons (Fsp3) is 0.455. The Morgan fingerprint density at radius 2 is 1.80 bits per heavy atom. The molecule has 114 valence electrons. The topological polar surface area (TPSA) is 72.2 Å². The molecule has 0 fully saturated rings. The largest absolute Gasteiger partial charge is 0.501 e. The Hall–Kier alpha value is -1.35. The van der Waals surface area contributed by atoms with Crippen molar-refractivity contribution in [2.24, 2.45) is 5.73 Å². The van der Waals surface area contributed by atoms with Gasteiger partial charge in [-0.1, -0.05) is 0 Å². The van der Waals surface area contributed by atoms with Crippen LogP contribution in [0.3, 0.4) is 0 Å². The Kier molecular flexibility index (Phi) is 4.35. The number of benzene rings is 1. The van der Waals surface area contributed by atoms with Crippen LogP contribution >= 0.6 is 0 Å². The van der Waals surface area contributed by atoms with Gasteiger partial charge in [-0.2, -0.15) is 13.2 Å². The number of anilines is 1. The summed E-state index contributed by atoms with van der Waals surface area (Å²) in [7, 11) is -5.65. The molecule has 0 aliphatic carbocycles. The number of nitrogens with one attached hydrogen (secondary N) is 1. The molecular formula is C11H14F4N2O2S. The van der Waals surface area contributed by atoms with Crippen LogP contribution in [0.5, 0.6) is 0 Å². The smallest absolute Gasteiger partial charge is 0.378 e. The number of halogens is 4. The minimum atomic E-state index is -5.65. The van der Waals surface area contributed by atoms with Gasteiger partial charge >= 0.3 is 5.51 Å². The van der Waals surface area contributed by atoms with Crippen LogP contribution in [0.2, 0.25) is 0 Å². The van der Waals surface area contributed by atoms with E-state index in [9.17, 15) is 26.0 Å². The standard InChI is InChI=1S/C11H14F4N2O2S/c1-10(2,6-16)17-8-4-3-7(12)5-9(8)20(18,19)11(13,14)15/h3-5,17H,6,16H2,1-2H3. The zero-order valence-corrected chi connectivity index (χ0v) is 11.6. The lowest BCUT2D eigenvalue weighted by molar-refractivity contribution is -0.0435. The number of nitrogens with two attached hydrogens (primary N) is 1.